The Morgan fingerprint density at radius 3 is 2.95 bits per heavy atom. The first kappa shape index (κ1) is 13.2. The molecule has 0 unspecified atom stereocenters. The average Bonchev–Trinajstić information content (AvgIpc) is 2.93. The summed E-state index contributed by atoms with van der Waals surface area (Å²) in [5.74, 6) is -1.52. The Balaban J connectivity index is 2.19. The number of nitrogens with zero attached hydrogens (tertiary/aromatic N) is 4. The summed E-state index contributed by atoms with van der Waals surface area (Å²) in [6.45, 7) is 3.81. The van der Waals surface area contributed by atoms with Crippen LogP contribution in [0.3, 0.4) is 0 Å². The van der Waals surface area contributed by atoms with Crippen LogP contribution in [0.1, 0.15) is 11.6 Å². The Hall–Kier alpha value is -2.77. The fourth-order valence-corrected chi connectivity index (χ4v) is 2.44. The minimum Gasteiger partial charge on any atom is -0.468 e. The largest absolute Gasteiger partial charge is 0.468 e. The van der Waals surface area contributed by atoms with E-state index in [1.165, 1.54) is 17.9 Å². The number of methoxy groups -OCH3 is 1. The summed E-state index contributed by atoms with van der Waals surface area (Å²) in [6, 6.07) is 5.40. The van der Waals surface area contributed by atoms with E-state index < -0.39 is 23.7 Å². The lowest BCUT2D eigenvalue weighted by molar-refractivity contribution is -0.145. The van der Waals surface area contributed by atoms with Crippen LogP contribution in [0.15, 0.2) is 36.5 Å². The zero-order valence-corrected chi connectivity index (χ0v) is 11.2. The molecule has 1 aliphatic rings. The van der Waals surface area contributed by atoms with Gasteiger partial charge in [-0.05, 0) is 16.5 Å². The number of esters is 1. The molecule has 0 aliphatic carbocycles. The van der Waals surface area contributed by atoms with Crippen molar-refractivity contribution in [3.8, 4) is 0 Å². The molecule has 1 aromatic carbocycles. The lowest BCUT2D eigenvalue weighted by atomic mass is 9.89. The topological polar surface area (TPSA) is 81.9 Å². The number of ether oxygens (including phenoxy) is 1. The van der Waals surface area contributed by atoms with E-state index in [-0.39, 0.29) is 0 Å². The molecule has 0 saturated heterocycles. The fraction of sp³-hybridized carbons (Fsp3) is 0.231. The van der Waals surface area contributed by atoms with Crippen molar-refractivity contribution in [3.05, 3.63) is 47.9 Å². The molecule has 0 fully saturated rings. The van der Waals surface area contributed by atoms with E-state index in [0.717, 1.165) is 0 Å². The van der Waals surface area contributed by atoms with Crippen molar-refractivity contribution in [2.75, 3.05) is 12.4 Å². The monoisotopic (exact) mass is 289 g/mol. The van der Waals surface area contributed by atoms with E-state index >= 15 is 0 Å². The van der Waals surface area contributed by atoms with Gasteiger partial charge in [-0.1, -0.05) is 29.9 Å². The van der Waals surface area contributed by atoms with E-state index in [0.29, 0.717) is 17.2 Å². The molecule has 108 valence electrons. The number of nitrogens with one attached hydrogen (secondary N) is 1. The van der Waals surface area contributed by atoms with Gasteiger partial charge >= 0.3 is 5.97 Å². The van der Waals surface area contributed by atoms with E-state index in [2.05, 4.69) is 27.4 Å². The molecule has 7 nitrogen and oxygen atoms in total. The normalized spacial score (nSPS) is 20.6. The van der Waals surface area contributed by atoms with Crippen molar-refractivity contribution in [1.29, 1.82) is 0 Å². The number of hydrogen-bond acceptors (Lipinski definition) is 6. The maximum Gasteiger partial charge on any atom is 0.317 e. The predicted octanol–water partition coefficient (Wildman–Crippen LogP) is 1.13. The molecule has 1 aromatic heterocycles. The minimum absolute atomic E-state index is 0.295. The zero-order valence-electron chi connectivity index (χ0n) is 11.2. The number of rotatable bonds is 2. The highest BCUT2D eigenvalue weighted by Gasteiger charge is 2.41. The van der Waals surface area contributed by atoms with Crippen molar-refractivity contribution >= 4 is 11.9 Å². The van der Waals surface area contributed by atoms with Gasteiger partial charge < -0.3 is 10.1 Å². The van der Waals surface area contributed by atoms with Gasteiger partial charge in [0.1, 0.15) is 17.8 Å². The summed E-state index contributed by atoms with van der Waals surface area (Å²) >= 11 is 0. The number of carbonyl (C=O) groups is 1. The molecule has 0 amide bonds. The summed E-state index contributed by atoms with van der Waals surface area (Å²) in [5, 5.41) is 14.0. The van der Waals surface area contributed by atoms with Crippen LogP contribution in [-0.4, -0.2) is 33.3 Å². The van der Waals surface area contributed by atoms with Gasteiger partial charge in [-0.2, -0.15) is 0 Å². The van der Waals surface area contributed by atoms with Gasteiger partial charge in [-0.25, -0.2) is 9.07 Å². The van der Waals surface area contributed by atoms with Gasteiger partial charge in [0.2, 0.25) is 5.95 Å². The van der Waals surface area contributed by atoms with Crippen LogP contribution in [0.25, 0.3) is 0 Å². The maximum absolute atomic E-state index is 14.2. The van der Waals surface area contributed by atoms with Gasteiger partial charge in [0.05, 0.1) is 7.11 Å². The number of halogens is 1. The Bertz CT molecular complexity index is 714. The molecule has 2 atom stereocenters. The number of hydrogen-bond donors (Lipinski definition) is 1. The molecule has 2 aromatic rings. The highest BCUT2D eigenvalue weighted by molar-refractivity contribution is 5.78. The van der Waals surface area contributed by atoms with Crippen LogP contribution < -0.4 is 5.32 Å². The molecule has 0 saturated carbocycles. The van der Waals surface area contributed by atoms with Crippen LogP contribution in [0.5, 0.6) is 0 Å². The molecule has 8 heteroatoms. The fourth-order valence-electron chi connectivity index (χ4n) is 2.44. The molecule has 0 spiro atoms. The molecule has 21 heavy (non-hydrogen) atoms. The average molecular weight is 289 g/mol. The second-order valence-corrected chi connectivity index (χ2v) is 4.56. The first-order valence-corrected chi connectivity index (χ1v) is 6.19. The van der Waals surface area contributed by atoms with Crippen molar-refractivity contribution in [2.24, 2.45) is 5.92 Å². The van der Waals surface area contributed by atoms with Crippen LogP contribution in [0.2, 0.25) is 0 Å². The zero-order chi connectivity index (χ0) is 15.0. The van der Waals surface area contributed by atoms with Crippen LogP contribution in [-0.2, 0) is 9.53 Å². The predicted molar refractivity (Wildman–Crippen MR) is 70.6 cm³/mol. The van der Waals surface area contributed by atoms with Crippen molar-refractivity contribution < 1.29 is 13.9 Å². The highest BCUT2D eigenvalue weighted by Crippen LogP contribution is 2.38. The quantitative estimate of drug-likeness (QED) is 0.835. The molecule has 1 aliphatic heterocycles. The van der Waals surface area contributed by atoms with E-state index in [4.69, 9.17) is 4.74 Å². The third kappa shape index (κ3) is 2.04. The van der Waals surface area contributed by atoms with Crippen LogP contribution in [0, 0.1) is 11.7 Å². The number of carbonyl (C=O) groups excluding carboxylic acids is 1. The first-order valence-electron chi connectivity index (χ1n) is 6.19. The second kappa shape index (κ2) is 4.97. The lowest BCUT2D eigenvalue weighted by Crippen LogP contribution is -2.37. The Morgan fingerprint density at radius 2 is 2.24 bits per heavy atom. The Labute approximate surface area is 119 Å². The van der Waals surface area contributed by atoms with E-state index in [9.17, 15) is 9.18 Å². The van der Waals surface area contributed by atoms with Gasteiger partial charge in [0.15, 0.2) is 0 Å². The van der Waals surface area contributed by atoms with Gasteiger partial charge in [-0.3, -0.25) is 4.79 Å². The molecular formula is C13H12FN5O2. The molecular weight excluding hydrogens is 277 g/mol. The maximum atomic E-state index is 14.2. The second-order valence-electron chi connectivity index (χ2n) is 4.56. The van der Waals surface area contributed by atoms with Gasteiger partial charge in [-0.15, -0.1) is 0 Å². The van der Waals surface area contributed by atoms with E-state index in [1.807, 2.05) is 0 Å². The number of benzene rings is 1. The summed E-state index contributed by atoms with van der Waals surface area (Å²) < 4.78 is 20.3. The summed E-state index contributed by atoms with van der Waals surface area (Å²) in [7, 11) is 1.27. The lowest BCUT2D eigenvalue weighted by Gasteiger charge is -2.32. The molecule has 1 N–H and O–H groups in total. The molecule has 0 bridgehead atoms. The Morgan fingerprint density at radius 1 is 1.48 bits per heavy atom. The smallest absolute Gasteiger partial charge is 0.317 e. The first-order chi connectivity index (χ1) is 10.1. The highest BCUT2D eigenvalue weighted by atomic mass is 19.1. The number of tetrazole rings is 1. The van der Waals surface area contributed by atoms with E-state index in [1.54, 1.807) is 18.2 Å². The minimum atomic E-state index is -0.831. The summed E-state index contributed by atoms with van der Waals surface area (Å²) in [4.78, 5) is 12.1. The molecule has 0 radical (unpaired) electrons. The standard InChI is InChI=1S/C13H12FN5O2/c1-7-10(12(20)21-2)11(8-5-3-4-6-9(8)14)19-13(15-7)16-17-18-19/h3-6,10-11H,1H2,2H3,(H,15,16,18)/t10-,11-/m1/s1. The molecule has 2 heterocycles. The summed E-state index contributed by atoms with van der Waals surface area (Å²) in [5.41, 5.74) is 0.654. The third-order valence-electron chi connectivity index (χ3n) is 3.40. The van der Waals surface area contributed by atoms with Crippen LogP contribution in [0.4, 0.5) is 10.3 Å². The number of fused-ring (bicyclic) bond motifs is 1. The number of anilines is 1. The Kier molecular flexibility index (Phi) is 3.13. The van der Waals surface area contributed by atoms with Crippen molar-refractivity contribution in [3.63, 3.8) is 0 Å². The van der Waals surface area contributed by atoms with Crippen LogP contribution >= 0.6 is 0 Å². The third-order valence-corrected chi connectivity index (χ3v) is 3.40. The van der Waals surface area contributed by atoms with Crippen molar-refractivity contribution in [2.45, 2.75) is 6.04 Å². The van der Waals surface area contributed by atoms with Crippen molar-refractivity contribution in [1.82, 2.24) is 20.2 Å². The van der Waals surface area contributed by atoms with Gasteiger partial charge in [0, 0.05) is 11.3 Å². The van der Waals surface area contributed by atoms with Gasteiger partial charge in [0.25, 0.3) is 0 Å². The summed E-state index contributed by atoms with van der Waals surface area (Å²) in [6.07, 6.45) is 0. The number of aromatic nitrogens is 4. The SMILES string of the molecule is C=C1Nc2nnnn2[C@H](c2ccccc2F)[C@@H]1C(=O)OC. The molecule has 3 rings (SSSR count).